The monoisotopic (exact) mass is 236 g/mol. The highest BCUT2D eigenvalue weighted by molar-refractivity contribution is 5.79. The first-order valence-corrected chi connectivity index (χ1v) is 5.18. The van der Waals surface area contributed by atoms with Crippen molar-refractivity contribution in [2.75, 3.05) is 13.2 Å². The van der Waals surface area contributed by atoms with Gasteiger partial charge in [0.05, 0.1) is 12.1 Å². The first kappa shape index (κ1) is 11.4. The van der Waals surface area contributed by atoms with Crippen molar-refractivity contribution in [2.45, 2.75) is 6.54 Å². The lowest BCUT2D eigenvalue weighted by molar-refractivity contribution is -0.121. The minimum absolute atomic E-state index is 0.115. The van der Waals surface area contributed by atoms with Crippen molar-refractivity contribution in [2.24, 2.45) is 0 Å². The standard InChI is InChI=1S/C11H12N2O4/c14-6-5-12-10(15)7-13-8-3-1-2-4-9(8)17-11(13)16/h1-4,14H,5-7H2,(H,12,15). The van der Waals surface area contributed by atoms with E-state index in [4.69, 9.17) is 9.52 Å². The molecule has 0 atom stereocenters. The van der Waals surface area contributed by atoms with Crippen molar-refractivity contribution >= 4 is 17.0 Å². The molecule has 0 aliphatic heterocycles. The number of aliphatic hydroxyl groups excluding tert-OH is 1. The number of nitrogens with zero attached hydrogens (tertiary/aromatic N) is 1. The van der Waals surface area contributed by atoms with Gasteiger partial charge in [-0.3, -0.25) is 9.36 Å². The van der Waals surface area contributed by atoms with Gasteiger partial charge in [-0.1, -0.05) is 12.1 Å². The molecule has 90 valence electrons. The van der Waals surface area contributed by atoms with Gasteiger partial charge < -0.3 is 14.8 Å². The predicted octanol–water partition coefficient (Wildman–Crippen LogP) is -0.297. The zero-order valence-corrected chi connectivity index (χ0v) is 9.05. The van der Waals surface area contributed by atoms with Gasteiger partial charge in [0.2, 0.25) is 5.91 Å². The maximum Gasteiger partial charge on any atom is 0.420 e. The summed E-state index contributed by atoms with van der Waals surface area (Å²) in [6.07, 6.45) is 0. The molecule has 17 heavy (non-hydrogen) atoms. The average molecular weight is 236 g/mol. The van der Waals surface area contributed by atoms with E-state index in [-0.39, 0.29) is 25.6 Å². The molecule has 2 N–H and O–H groups in total. The van der Waals surface area contributed by atoms with E-state index in [0.717, 1.165) is 0 Å². The van der Waals surface area contributed by atoms with Crippen LogP contribution in [0.2, 0.25) is 0 Å². The Labute approximate surface area is 96.5 Å². The lowest BCUT2D eigenvalue weighted by Crippen LogP contribution is -2.32. The number of fused-ring (bicyclic) bond motifs is 1. The van der Waals surface area contributed by atoms with E-state index in [2.05, 4.69) is 5.32 Å². The number of carbonyl (C=O) groups excluding carboxylic acids is 1. The summed E-state index contributed by atoms with van der Waals surface area (Å²) in [5.74, 6) is -0.905. The van der Waals surface area contributed by atoms with Crippen LogP contribution in [0, 0.1) is 0 Å². The third-order valence-corrected chi connectivity index (χ3v) is 2.31. The summed E-state index contributed by atoms with van der Waals surface area (Å²) in [6, 6.07) is 6.89. The second-order valence-electron chi connectivity index (χ2n) is 3.50. The lowest BCUT2D eigenvalue weighted by Gasteiger charge is -2.03. The van der Waals surface area contributed by atoms with Crippen LogP contribution in [0.5, 0.6) is 0 Å². The molecule has 1 heterocycles. The van der Waals surface area contributed by atoms with Gasteiger partial charge in [-0.25, -0.2) is 4.79 Å². The fraction of sp³-hybridized carbons (Fsp3) is 0.273. The summed E-state index contributed by atoms with van der Waals surface area (Å²) in [6.45, 7) is -0.0774. The molecule has 0 radical (unpaired) electrons. The lowest BCUT2D eigenvalue weighted by atomic mass is 10.3. The Bertz CT molecular complexity index is 584. The number of hydrogen-bond acceptors (Lipinski definition) is 4. The van der Waals surface area contributed by atoms with Crippen LogP contribution in [0.15, 0.2) is 33.5 Å². The minimum atomic E-state index is -0.564. The SMILES string of the molecule is O=C(Cn1c(=O)oc2ccccc21)NCCO. The summed E-state index contributed by atoms with van der Waals surface area (Å²) in [5, 5.41) is 11.0. The van der Waals surface area contributed by atoms with Crippen molar-refractivity contribution < 1.29 is 14.3 Å². The maximum absolute atomic E-state index is 11.5. The van der Waals surface area contributed by atoms with Gasteiger partial charge in [-0.15, -0.1) is 0 Å². The first-order chi connectivity index (χ1) is 8.22. The predicted molar refractivity (Wildman–Crippen MR) is 60.6 cm³/mol. The van der Waals surface area contributed by atoms with Crippen LogP contribution >= 0.6 is 0 Å². The number of benzene rings is 1. The number of rotatable bonds is 4. The molecule has 0 saturated carbocycles. The van der Waals surface area contributed by atoms with E-state index in [9.17, 15) is 9.59 Å². The number of amides is 1. The molecule has 0 fully saturated rings. The fourth-order valence-corrected chi connectivity index (χ4v) is 1.56. The molecule has 6 nitrogen and oxygen atoms in total. The molecule has 2 aromatic rings. The highest BCUT2D eigenvalue weighted by Crippen LogP contribution is 2.11. The highest BCUT2D eigenvalue weighted by Gasteiger charge is 2.11. The third kappa shape index (κ3) is 2.36. The number of para-hydroxylation sites is 2. The summed E-state index contributed by atoms with van der Waals surface area (Å²) < 4.78 is 6.23. The number of aliphatic hydroxyl groups is 1. The number of nitrogens with one attached hydrogen (secondary N) is 1. The summed E-state index contributed by atoms with van der Waals surface area (Å²) >= 11 is 0. The average Bonchev–Trinajstić information content (AvgIpc) is 2.64. The van der Waals surface area contributed by atoms with Gasteiger partial charge in [0.15, 0.2) is 5.58 Å². The van der Waals surface area contributed by atoms with Crippen molar-refractivity contribution in [1.29, 1.82) is 0 Å². The molecule has 0 aliphatic rings. The van der Waals surface area contributed by atoms with E-state index in [0.29, 0.717) is 11.1 Å². The molecule has 1 aromatic heterocycles. The quantitative estimate of drug-likeness (QED) is 0.763. The second-order valence-corrected chi connectivity index (χ2v) is 3.50. The van der Waals surface area contributed by atoms with Crippen LogP contribution in [-0.4, -0.2) is 28.7 Å². The normalized spacial score (nSPS) is 10.6. The Morgan fingerprint density at radius 1 is 1.41 bits per heavy atom. The van der Waals surface area contributed by atoms with E-state index in [1.807, 2.05) is 0 Å². The van der Waals surface area contributed by atoms with Gasteiger partial charge in [0.1, 0.15) is 6.54 Å². The smallest absolute Gasteiger partial charge is 0.408 e. The zero-order chi connectivity index (χ0) is 12.3. The van der Waals surface area contributed by atoms with E-state index in [1.165, 1.54) is 4.57 Å². The maximum atomic E-state index is 11.5. The molecule has 0 spiro atoms. The molecule has 6 heteroatoms. The summed E-state index contributed by atoms with van der Waals surface area (Å²) in [4.78, 5) is 23.0. The van der Waals surface area contributed by atoms with E-state index >= 15 is 0 Å². The van der Waals surface area contributed by atoms with Gasteiger partial charge in [0.25, 0.3) is 0 Å². The molecule has 0 saturated heterocycles. The third-order valence-electron chi connectivity index (χ3n) is 2.31. The van der Waals surface area contributed by atoms with Gasteiger partial charge in [-0.05, 0) is 12.1 Å². The minimum Gasteiger partial charge on any atom is -0.408 e. The molecule has 2 rings (SSSR count). The Kier molecular flexibility index (Phi) is 3.24. The Balaban J connectivity index is 2.26. The highest BCUT2D eigenvalue weighted by atomic mass is 16.4. The first-order valence-electron chi connectivity index (χ1n) is 5.18. The van der Waals surface area contributed by atoms with Crippen molar-refractivity contribution in [1.82, 2.24) is 9.88 Å². The molecule has 1 aromatic carbocycles. The Hall–Kier alpha value is -2.08. The number of oxazole rings is 1. The van der Waals surface area contributed by atoms with Gasteiger partial charge in [-0.2, -0.15) is 0 Å². The molecule has 0 unspecified atom stereocenters. The van der Waals surface area contributed by atoms with E-state index < -0.39 is 5.76 Å². The molecule has 1 amide bonds. The molecular formula is C11H12N2O4. The van der Waals surface area contributed by atoms with E-state index in [1.54, 1.807) is 24.3 Å². The second kappa shape index (κ2) is 4.84. The van der Waals surface area contributed by atoms with Crippen LogP contribution in [0.25, 0.3) is 11.1 Å². The van der Waals surface area contributed by atoms with Crippen molar-refractivity contribution in [3.05, 3.63) is 34.8 Å². The van der Waals surface area contributed by atoms with Crippen molar-refractivity contribution in [3.8, 4) is 0 Å². The Morgan fingerprint density at radius 2 is 2.18 bits per heavy atom. The number of hydrogen-bond donors (Lipinski definition) is 2. The summed E-state index contributed by atoms with van der Waals surface area (Å²) in [5.41, 5.74) is 1.03. The van der Waals surface area contributed by atoms with Crippen molar-refractivity contribution in [3.63, 3.8) is 0 Å². The number of carbonyl (C=O) groups is 1. The summed E-state index contributed by atoms with van der Waals surface area (Å²) in [7, 11) is 0. The van der Waals surface area contributed by atoms with Gasteiger partial charge >= 0.3 is 5.76 Å². The largest absolute Gasteiger partial charge is 0.420 e. The zero-order valence-electron chi connectivity index (χ0n) is 9.05. The van der Waals surface area contributed by atoms with Crippen LogP contribution in [-0.2, 0) is 11.3 Å². The topological polar surface area (TPSA) is 84.5 Å². The van der Waals surface area contributed by atoms with Crippen LogP contribution in [0.1, 0.15) is 0 Å². The number of aromatic nitrogens is 1. The van der Waals surface area contributed by atoms with Crippen LogP contribution in [0.3, 0.4) is 0 Å². The Morgan fingerprint density at radius 3 is 2.94 bits per heavy atom. The molecule has 0 bridgehead atoms. The molecule has 0 aliphatic carbocycles. The van der Waals surface area contributed by atoms with Gasteiger partial charge in [0, 0.05) is 6.54 Å². The fourth-order valence-electron chi connectivity index (χ4n) is 1.56. The molecular weight excluding hydrogens is 224 g/mol. The van der Waals surface area contributed by atoms with Crippen LogP contribution in [0.4, 0.5) is 0 Å². The van der Waals surface area contributed by atoms with Crippen LogP contribution < -0.4 is 11.1 Å².